The second-order valence-corrected chi connectivity index (χ2v) is 7.60. The molecule has 0 aliphatic rings. The van der Waals surface area contributed by atoms with E-state index in [-0.39, 0.29) is 17.1 Å². The van der Waals surface area contributed by atoms with Crippen molar-refractivity contribution in [3.05, 3.63) is 0 Å². The summed E-state index contributed by atoms with van der Waals surface area (Å²) in [6.45, 7) is 16.1. The Balaban J connectivity index is -0.000000164. The number of halogens is 6. The van der Waals surface area contributed by atoms with Gasteiger partial charge in [-0.2, -0.15) is 26.3 Å². The van der Waals surface area contributed by atoms with E-state index in [1.54, 1.807) is 0 Å². The van der Waals surface area contributed by atoms with E-state index in [0.717, 1.165) is 0 Å². The fraction of sp³-hybridized carbons (Fsp3) is 1.00. The van der Waals surface area contributed by atoms with Crippen molar-refractivity contribution in [2.24, 2.45) is 0 Å². The molecule has 0 aliphatic heterocycles. The summed E-state index contributed by atoms with van der Waals surface area (Å²) in [5, 5.41) is 0. The average molecular weight is 534 g/mol. The Morgan fingerprint density at radius 1 is 0.621 bits per heavy atom. The van der Waals surface area contributed by atoms with E-state index in [2.05, 4.69) is 37.5 Å². The molecule has 0 heterocycles. The van der Waals surface area contributed by atoms with Crippen LogP contribution in [0.2, 0.25) is 0 Å². The van der Waals surface area contributed by atoms with Gasteiger partial charge in [-0.15, -0.1) is 0 Å². The van der Waals surface area contributed by atoms with Gasteiger partial charge in [-0.3, -0.25) is 0 Å². The van der Waals surface area contributed by atoms with E-state index >= 15 is 0 Å². The summed E-state index contributed by atoms with van der Waals surface area (Å²) >= 11 is 0. The molecule has 0 amide bonds. The van der Waals surface area contributed by atoms with Crippen molar-refractivity contribution in [1.82, 2.24) is 9.80 Å². The molecule has 0 aromatic rings. The van der Waals surface area contributed by atoms with E-state index in [4.69, 9.17) is 25.9 Å². The van der Waals surface area contributed by atoms with Crippen LogP contribution in [0.1, 0.15) is 27.7 Å². The Morgan fingerprint density at radius 2 is 0.759 bits per heavy atom. The van der Waals surface area contributed by atoms with E-state index < -0.39 is 31.3 Å². The minimum absolute atomic E-state index is 0. The summed E-state index contributed by atoms with van der Waals surface area (Å²) in [6, 6.07) is 0. The molecule has 0 aliphatic carbocycles. The molecule has 1 radical (unpaired) electrons. The fourth-order valence-corrected chi connectivity index (χ4v) is 1.36. The van der Waals surface area contributed by atoms with Crippen LogP contribution in [0.3, 0.4) is 0 Å². The predicted molar refractivity (Wildman–Crippen MR) is 87.1 cm³/mol. The van der Waals surface area contributed by atoms with Crippen LogP contribution in [0, 0.1) is 0 Å². The normalized spacial score (nSPS) is 12.5. The van der Waals surface area contributed by atoms with Crippen LogP contribution in [0.5, 0.6) is 0 Å². The van der Waals surface area contributed by atoms with Crippen LogP contribution in [0.25, 0.3) is 0 Å². The van der Waals surface area contributed by atoms with E-state index in [9.17, 15) is 26.3 Å². The molecule has 0 saturated heterocycles. The van der Waals surface area contributed by atoms with Gasteiger partial charge >= 0.3 is 28.1 Å². The summed E-state index contributed by atoms with van der Waals surface area (Å²) in [5.41, 5.74) is -11.3. The number of rotatable bonds is 7. The largest absolute Gasteiger partial charge is 2.00 e. The summed E-state index contributed by atoms with van der Waals surface area (Å²) in [6.07, 6.45) is 0. The number of hydrogen-bond acceptors (Lipinski definition) is 8. The molecule has 0 unspecified atom stereocenters. The maximum Gasteiger partial charge on any atom is 2.00 e. The van der Waals surface area contributed by atoms with Gasteiger partial charge in [0.2, 0.25) is 0 Å². The van der Waals surface area contributed by atoms with Gasteiger partial charge in [0, 0.05) is 13.1 Å². The minimum atomic E-state index is -6.09. The quantitative estimate of drug-likeness (QED) is 0.210. The number of nitrogens with zero attached hydrogens (tertiary/aromatic N) is 2. The predicted octanol–water partition coefficient (Wildman–Crippen LogP) is 1.77. The molecular formula is C12H24CuF6N2O6S2. The van der Waals surface area contributed by atoms with Gasteiger partial charge < -0.3 is 18.9 Å². The van der Waals surface area contributed by atoms with Crippen LogP contribution in [-0.2, 0) is 37.3 Å². The summed E-state index contributed by atoms with van der Waals surface area (Å²) in [5.74, 6) is 0. The van der Waals surface area contributed by atoms with Gasteiger partial charge in [0.25, 0.3) is 0 Å². The molecule has 0 spiro atoms. The maximum atomic E-state index is 10.7. The van der Waals surface area contributed by atoms with Crippen molar-refractivity contribution in [3.8, 4) is 0 Å². The van der Waals surface area contributed by atoms with Gasteiger partial charge in [-0.25, -0.2) is 16.8 Å². The van der Waals surface area contributed by atoms with Gasteiger partial charge in [0.1, 0.15) is 0 Å². The Labute approximate surface area is 177 Å². The molecule has 183 valence electrons. The average Bonchev–Trinajstić information content (AvgIpc) is 2.49. The Hall–Kier alpha value is -0.161. The Morgan fingerprint density at radius 3 is 0.828 bits per heavy atom. The molecular weight excluding hydrogens is 510 g/mol. The van der Waals surface area contributed by atoms with Crippen molar-refractivity contribution in [3.63, 3.8) is 0 Å². The molecule has 0 aromatic heterocycles. The number of likely N-dealkylation sites (N-methyl/N-ethyl adjacent to an activating group) is 2. The first-order valence-corrected chi connectivity index (χ1v) is 10.6. The summed E-state index contributed by atoms with van der Waals surface area (Å²) in [4.78, 5) is 4.94. The van der Waals surface area contributed by atoms with E-state index in [1.165, 1.54) is 39.3 Å². The zero-order valence-electron chi connectivity index (χ0n) is 16.0. The molecule has 0 N–H and O–H groups in total. The molecule has 8 nitrogen and oxygen atoms in total. The zero-order valence-corrected chi connectivity index (χ0v) is 18.5. The molecule has 17 heteroatoms. The van der Waals surface area contributed by atoms with Gasteiger partial charge in [-0.1, -0.05) is 27.7 Å². The van der Waals surface area contributed by atoms with Crippen LogP contribution in [0.4, 0.5) is 26.3 Å². The molecule has 0 aromatic carbocycles. The first-order valence-electron chi connectivity index (χ1n) is 7.77. The second-order valence-electron chi connectivity index (χ2n) is 4.85. The Bertz CT molecular complexity index is 551. The third kappa shape index (κ3) is 19.5. The van der Waals surface area contributed by atoms with Crippen molar-refractivity contribution in [2.45, 2.75) is 38.7 Å². The van der Waals surface area contributed by atoms with Crippen molar-refractivity contribution in [2.75, 3.05) is 39.3 Å². The standard InChI is InChI=1S/C10H24N2.2CHF3O3S.Cu/c1-5-11(6-2)9-10-12(7-3)8-4;2*2-1(3,4)8(5,6)7;/h5-10H2,1-4H3;2*(H,5,6,7);/q;;;+2/p-2. The molecule has 0 atom stereocenters. The molecule has 0 rings (SSSR count). The van der Waals surface area contributed by atoms with Crippen LogP contribution in [0.15, 0.2) is 0 Å². The minimum Gasteiger partial charge on any atom is -0.741 e. The molecule has 0 fully saturated rings. The van der Waals surface area contributed by atoms with Crippen molar-refractivity contribution < 1.29 is 69.4 Å². The van der Waals surface area contributed by atoms with Crippen molar-refractivity contribution >= 4 is 20.2 Å². The summed E-state index contributed by atoms with van der Waals surface area (Å²) < 4.78 is 118. The van der Waals surface area contributed by atoms with E-state index in [1.807, 2.05) is 0 Å². The maximum absolute atomic E-state index is 10.7. The Kier molecular flexibility index (Phi) is 19.5. The summed E-state index contributed by atoms with van der Waals surface area (Å²) in [7, 11) is -12.2. The van der Waals surface area contributed by atoms with Gasteiger partial charge in [0.15, 0.2) is 20.2 Å². The van der Waals surface area contributed by atoms with Crippen molar-refractivity contribution in [1.29, 1.82) is 0 Å². The smallest absolute Gasteiger partial charge is 0.741 e. The number of alkyl halides is 6. The van der Waals surface area contributed by atoms with Crippen LogP contribution >= 0.6 is 0 Å². The first kappa shape index (κ1) is 36.2. The third-order valence-electron chi connectivity index (χ3n) is 3.09. The fourth-order valence-electron chi connectivity index (χ4n) is 1.36. The topological polar surface area (TPSA) is 121 Å². The van der Waals surface area contributed by atoms with Crippen LogP contribution in [-0.4, -0.2) is 86.0 Å². The van der Waals surface area contributed by atoms with Gasteiger partial charge in [0.05, 0.1) is 0 Å². The monoisotopic (exact) mass is 533 g/mol. The molecule has 0 saturated carbocycles. The SMILES string of the molecule is CCN(CC)CCN(CC)CC.O=S(=O)([O-])C(F)(F)F.O=S(=O)([O-])C(F)(F)F.[Cu+2]. The van der Waals surface area contributed by atoms with E-state index in [0.29, 0.717) is 0 Å². The first-order chi connectivity index (χ1) is 12.3. The van der Waals surface area contributed by atoms with Gasteiger partial charge in [-0.05, 0) is 26.2 Å². The molecule has 0 bridgehead atoms. The third-order valence-corrected chi connectivity index (χ3v) is 4.22. The number of hydrogen-bond donors (Lipinski definition) is 0. The molecule has 29 heavy (non-hydrogen) atoms. The van der Waals surface area contributed by atoms with Crippen LogP contribution < -0.4 is 0 Å². The second kappa shape index (κ2) is 15.6. The zero-order chi connectivity index (χ0) is 23.4.